The van der Waals surface area contributed by atoms with E-state index in [1.807, 2.05) is 27.7 Å². The van der Waals surface area contributed by atoms with Crippen LogP contribution in [0.1, 0.15) is 59.8 Å². The van der Waals surface area contributed by atoms with Crippen LogP contribution < -0.4 is 21.3 Å². The topological polar surface area (TPSA) is 214 Å². The molecule has 0 bridgehead atoms. The number of carbonyl (C=O) groups excluding carboxylic acids is 4. The molecule has 0 spiro atoms. The van der Waals surface area contributed by atoms with Crippen molar-refractivity contribution >= 4 is 23.6 Å². The first-order chi connectivity index (χ1) is 16.6. The number of nitrogens with one attached hydrogen (secondary N) is 4. The summed E-state index contributed by atoms with van der Waals surface area (Å²) in [5.41, 5.74) is 16.5. The Kier molecular flexibility index (Phi) is 17.0. The first kappa shape index (κ1) is 31.5. The SMILES string of the molecule is CC(C)[C@H](NC(=O)CCCN=[N+]=[N-])C(=O)NCCCNC(=O)[C@@H](NC(=O)CCCN=[N+]=[N-])C(C)C. The Morgan fingerprint density at radius 2 is 1.06 bits per heavy atom. The second-order valence-electron chi connectivity index (χ2n) is 8.63. The third-order valence-electron chi connectivity index (χ3n) is 4.93. The third-order valence-corrected chi connectivity index (χ3v) is 4.93. The summed E-state index contributed by atoms with van der Waals surface area (Å²) in [6, 6.07) is -1.40. The van der Waals surface area contributed by atoms with Crippen LogP contribution >= 0.6 is 0 Å². The average molecular weight is 495 g/mol. The Labute approximate surface area is 205 Å². The van der Waals surface area contributed by atoms with Gasteiger partial charge in [-0.05, 0) is 42.2 Å². The molecule has 0 heterocycles. The monoisotopic (exact) mass is 494 g/mol. The normalized spacial score (nSPS) is 12.1. The van der Waals surface area contributed by atoms with Crippen LogP contribution in [0.4, 0.5) is 0 Å². The van der Waals surface area contributed by atoms with E-state index in [4.69, 9.17) is 11.1 Å². The fourth-order valence-corrected chi connectivity index (χ4v) is 3.00. The largest absolute Gasteiger partial charge is 0.354 e. The molecule has 0 fully saturated rings. The van der Waals surface area contributed by atoms with E-state index < -0.39 is 12.1 Å². The van der Waals surface area contributed by atoms with Crippen LogP contribution in [0.25, 0.3) is 20.9 Å². The second-order valence-corrected chi connectivity index (χ2v) is 8.63. The minimum absolute atomic E-state index is 0.127. The molecule has 0 saturated heterocycles. The molecule has 4 N–H and O–H groups in total. The molecule has 0 aromatic rings. The van der Waals surface area contributed by atoms with Gasteiger partial charge in [0.05, 0.1) is 0 Å². The highest BCUT2D eigenvalue weighted by Crippen LogP contribution is 2.05. The van der Waals surface area contributed by atoms with Gasteiger partial charge in [0, 0.05) is 48.8 Å². The third kappa shape index (κ3) is 15.1. The highest BCUT2D eigenvalue weighted by atomic mass is 16.2. The Hall–Kier alpha value is -3.50. The van der Waals surface area contributed by atoms with Crippen LogP contribution in [0.5, 0.6) is 0 Å². The molecule has 35 heavy (non-hydrogen) atoms. The highest BCUT2D eigenvalue weighted by Gasteiger charge is 2.25. The molecule has 0 saturated carbocycles. The summed E-state index contributed by atoms with van der Waals surface area (Å²) in [6.07, 6.45) is 1.57. The van der Waals surface area contributed by atoms with Crippen molar-refractivity contribution in [2.45, 2.75) is 71.9 Å². The molecule has 2 atom stereocenters. The van der Waals surface area contributed by atoms with E-state index >= 15 is 0 Å². The second kappa shape index (κ2) is 18.9. The van der Waals surface area contributed by atoms with Gasteiger partial charge in [-0.15, -0.1) is 0 Å². The lowest BCUT2D eigenvalue weighted by molar-refractivity contribution is -0.130. The van der Waals surface area contributed by atoms with Crippen LogP contribution in [0, 0.1) is 11.8 Å². The predicted octanol–water partition coefficient (Wildman–Crippen LogP) is 2.07. The lowest BCUT2D eigenvalue weighted by Crippen LogP contribution is -2.51. The number of rotatable bonds is 18. The molecule has 14 heteroatoms. The standard InChI is InChI=1S/C21H38N10O4/c1-14(2)18(28-16(32)8-5-12-26-30-22)20(34)24-10-7-11-25-21(35)19(15(3)4)29-17(33)9-6-13-27-31-23/h14-15,18-19H,5-13H2,1-4H3,(H,24,34)(H,25,35)(H,28,32)(H,29,33)/t18-,19-/m0/s1. The molecule has 0 aliphatic rings. The quantitative estimate of drug-likeness (QED) is 0.0973. The lowest BCUT2D eigenvalue weighted by atomic mass is 10.0. The summed E-state index contributed by atoms with van der Waals surface area (Å²) in [5.74, 6) is -1.47. The molecule has 14 nitrogen and oxygen atoms in total. The zero-order valence-electron chi connectivity index (χ0n) is 21.0. The van der Waals surface area contributed by atoms with Gasteiger partial charge in [-0.3, -0.25) is 19.2 Å². The number of azide groups is 2. The summed E-state index contributed by atoms with van der Waals surface area (Å²) in [6.45, 7) is 8.31. The molecule has 0 aromatic carbocycles. The number of carbonyl (C=O) groups is 4. The van der Waals surface area contributed by atoms with E-state index in [-0.39, 0.29) is 61.4 Å². The van der Waals surface area contributed by atoms with Gasteiger partial charge < -0.3 is 21.3 Å². The van der Waals surface area contributed by atoms with Crippen molar-refractivity contribution in [2.75, 3.05) is 26.2 Å². The van der Waals surface area contributed by atoms with E-state index in [1.165, 1.54) is 0 Å². The van der Waals surface area contributed by atoms with Crippen LogP contribution in [0.2, 0.25) is 0 Å². The van der Waals surface area contributed by atoms with E-state index in [2.05, 4.69) is 41.3 Å². The molecule has 4 amide bonds. The maximum absolute atomic E-state index is 12.5. The zero-order valence-corrected chi connectivity index (χ0v) is 21.0. The minimum atomic E-state index is -0.698. The summed E-state index contributed by atoms with van der Waals surface area (Å²) < 4.78 is 0. The molecule has 196 valence electrons. The van der Waals surface area contributed by atoms with E-state index in [0.717, 1.165) is 0 Å². The minimum Gasteiger partial charge on any atom is -0.354 e. The average Bonchev–Trinajstić information content (AvgIpc) is 2.80. The fourth-order valence-electron chi connectivity index (χ4n) is 3.00. The van der Waals surface area contributed by atoms with Crippen molar-refractivity contribution in [3.8, 4) is 0 Å². The molecular formula is C21H38N10O4. The molecule has 0 rings (SSSR count). The summed E-state index contributed by atoms with van der Waals surface area (Å²) in [4.78, 5) is 54.3. The first-order valence-electron chi connectivity index (χ1n) is 11.8. The Bertz CT molecular complexity index is 725. The van der Waals surface area contributed by atoms with Crippen LogP contribution in [-0.4, -0.2) is 61.9 Å². The number of amides is 4. The van der Waals surface area contributed by atoms with Gasteiger partial charge in [0.15, 0.2) is 0 Å². The Balaban J connectivity index is 4.43. The van der Waals surface area contributed by atoms with Crippen molar-refractivity contribution in [2.24, 2.45) is 22.1 Å². The lowest BCUT2D eigenvalue weighted by Gasteiger charge is -2.22. The van der Waals surface area contributed by atoms with E-state index in [1.54, 1.807) is 0 Å². The van der Waals surface area contributed by atoms with E-state index in [9.17, 15) is 19.2 Å². The summed E-state index contributed by atoms with van der Waals surface area (Å²) in [5, 5.41) is 17.7. The highest BCUT2D eigenvalue weighted by molar-refractivity contribution is 5.88. The van der Waals surface area contributed by atoms with Gasteiger partial charge in [-0.25, -0.2) is 0 Å². The maximum atomic E-state index is 12.5. The smallest absolute Gasteiger partial charge is 0.242 e. The van der Waals surface area contributed by atoms with Crippen molar-refractivity contribution in [3.63, 3.8) is 0 Å². The molecule has 0 unspecified atom stereocenters. The van der Waals surface area contributed by atoms with Gasteiger partial charge in [-0.1, -0.05) is 37.9 Å². The number of nitrogens with zero attached hydrogens (tertiary/aromatic N) is 6. The van der Waals surface area contributed by atoms with Crippen molar-refractivity contribution in [3.05, 3.63) is 20.9 Å². The number of hydrogen-bond acceptors (Lipinski definition) is 6. The maximum Gasteiger partial charge on any atom is 0.242 e. The molecular weight excluding hydrogens is 456 g/mol. The fraction of sp³-hybridized carbons (Fsp3) is 0.810. The zero-order chi connectivity index (χ0) is 26.6. The van der Waals surface area contributed by atoms with Crippen molar-refractivity contribution in [1.29, 1.82) is 0 Å². The van der Waals surface area contributed by atoms with Crippen molar-refractivity contribution < 1.29 is 19.2 Å². The summed E-state index contributed by atoms with van der Waals surface area (Å²) >= 11 is 0. The molecule has 0 aliphatic heterocycles. The van der Waals surface area contributed by atoms with Crippen LogP contribution in [-0.2, 0) is 19.2 Å². The van der Waals surface area contributed by atoms with Gasteiger partial charge in [0.25, 0.3) is 0 Å². The number of hydrogen-bond donors (Lipinski definition) is 4. The van der Waals surface area contributed by atoms with E-state index in [0.29, 0.717) is 32.4 Å². The van der Waals surface area contributed by atoms with Gasteiger partial charge in [0.1, 0.15) is 12.1 Å². The van der Waals surface area contributed by atoms with Crippen LogP contribution in [0.15, 0.2) is 10.2 Å². The van der Waals surface area contributed by atoms with Crippen molar-refractivity contribution in [1.82, 2.24) is 21.3 Å². The molecule has 0 aliphatic carbocycles. The van der Waals surface area contributed by atoms with Gasteiger partial charge in [0.2, 0.25) is 23.6 Å². The van der Waals surface area contributed by atoms with Gasteiger partial charge >= 0.3 is 0 Å². The van der Waals surface area contributed by atoms with Crippen LogP contribution in [0.3, 0.4) is 0 Å². The predicted molar refractivity (Wildman–Crippen MR) is 131 cm³/mol. The molecule has 0 radical (unpaired) electrons. The Morgan fingerprint density at radius 3 is 1.37 bits per heavy atom. The molecule has 0 aromatic heterocycles. The first-order valence-corrected chi connectivity index (χ1v) is 11.8. The van der Waals surface area contributed by atoms with Gasteiger partial charge in [-0.2, -0.15) is 0 Å². The summed E-state index contributed by atoms with van der Waals surface area (Å²) in [7, 11) is 0. The Morgan fingerprint density at radius 1 is 0.686 bits per heavy atom.